The van der Waals surface area contributed by atoms with Crippen molar-refractivity contribution in [3.63, 3.8) is 0 Å². The van der Waals surface area contributed by atoms with Crippen molar-refractivity contribution in [1.29, 1.82) is 0 Å². The lowest BCUT2D eigenvalue weighted by Crippen LogP contribution is -2.22. The number of carbonyl (C=O) groups is 1. The van der Waals surface area contributed by atoms with Crippen molar-refractivity contribution in [2.45, 2.75) is 32.4 Å². The van der Waals surface area contributed by atoms with Crippen LogP contribution >= 0.6 is 11.6 Å². The van der Waals surface area contributed by atoms with Crippen LogP contribution < -0.4 is 5.32 Å². The summed E-state index contributed by atoms with van der Waals surface area (Å²) in [5.74, 6) is -1.07. The lowest BCUT2D eigenvalue weighted by Gasteiger charge is -2.18. The van der Waals surface area contributed by atoms with Gasteiger partial charge in [0.25, 0.3) is 0 Å². The van der Waals surface area contributed by atoms with Gasteiger partial charge in [-0.05, 0) is 32.4 Å². The molecule has 0 saturated carbocycles. The van der Waals surface area contributed by atoms with Gasteiger partial charge in [-0.1, -0.05) is 17.7 Å². The Bertz CT molecular complexity index is 407. The quantitative estimate of drug-likeness (QED) is 0.758. The average Bonchev–Trinajstić information content (AvgIpc) is 2.15. The number of hydrogen-bond donors (Lipinski definition) is 3. The first-order valence-electron chi connectivity index (χ1n) is 5.38. The number of carboxylic acid groups (broad SMARTS) is 1. The van der Waals surface area contributed by atoms with Gasteiger partial charge in [0, 0.05) is 6.04 Å². The van der Waals surface area contributed by atoms with Crippen LogP contribution in [-0.2, 0) is 0 Å². The van der Waals surface area contributed by atoms with Crippen LogP contribution in [0.3, 0.4) is 0 Å². The van der Waals surface area contributed by atoms with Crippen LogP contribution in [0.2, 0.25) is 5.02 Å². The summed E-state index contributed by atoms with van der Waals surface area (Å²) in [5.41, 5.74) is 0.532. The van der Waals surface area contributed by atoms with Crippen molar-refractivity contribution < 1.29 is 15.0 Å². The number of aliphatic hydroxyl groups is 1. The maximum atomic E-state index is 11.1. The standard InChI is InChI=1S/C12H16ClNO3/c1-7(6-8(2)15)14-10-5-3-4-9(13)11(10)12(16)17/h3-5,7-8,14-15H,6H2,1-2H3,(H,16,17). The Hall–Kier alpha value is -1.26. The topological polar surface area (TPSA) is 69.6 Å². The summed E-state index contributed by atoms with van der Waals surface area (Å²) in [6.07, 6.45) is 0.0935. The fourth-order valence-corrected chi connectivity index (χ4v) is 1.95. The molecule has 0 aliphatic heterocycles. The molecule has 0 amide bonds. The van der Waals surface area contributed by atoms with E-state index in [1.165, 1.54) is 6.07 Å². The summed E-state index contributed by atoms with van der Waals surface area (Å²) >= 11 is 5.84. The minimum atomic E-state index is -1.07. The number of aromatic carboxylic acids is 1. The number of aliphatic hydroxyl groups excluding tert-OH is 1. The van der Waals surface area contributed by atoms with Crippen LogP contribution in [0, 0.1) is 0 Å². The van der Waals surface area contributed by atoms with Crippen LogP contribution in [0.25, 0.3) is 0 Å². The SMILES string of the molecule is CC(O)CC(C)Nc1cccc(Cl)c1C(=O)O. The van der Waals surface area contributed by atoms with Gasteiger partial charge in [-0.3, -0.25) is 0 Å². The van der Waals surface area contributed by atoms with Crippen LogP contribution in [0.1, 0.15) is 30.6 Å². The van der Waals surface area contributed by atoms with Crippen molar-refractivity contribution in [1.82, 2.24) is 0 Å². The fraction of sp³-hybridized carbons (Fsp3) is 0.417. The first kappa shape index (κ1) is 13.8. The molecule has 0 heterocycles. The molecule has 0 aliphatic carbocycles. The van der Waals surface area contributed by atoms with E-state index in [0.29, 0.717) is 12.1 Å². The van der Waals surface area contributed by atoms with E-state index < -0.39 is 12.1 Å². The second-order valence-corrected chi connectivity index (χ2v) is 4.50. The lowest BCUT2D eigenvalue weighted by molar-refractivity contribution is 0.0698. The molecule has 0 aliphatic rings. The maximum Gasteiger partial charge on any atom is 0.339 e. The second kappa shape index (κ2) is 5.89. The molecule has 0 spiro atoms. The highest BCUT2D eigenvalue weighted by Gasteiger charge is 2.16. The van der Waals surface area contributed by atoms with Crippen molar-refractivity contribution in [2.75, 3.05) is 5.32 Å². The largest absolute Gasteiger partial charge is 0.478 e. The summed E-state index contributed by atoms with van der Waals surface area (Å²) < 4.78 is 0. The predicted octanol–water partition coefficient (Wildman–Crippen LogP) is 2.61. The van der Waals surface area contributed by atoms with Crippen LogP contribution in [-0.4, -0.2) is 28.3 Å². The monoisotopic (exact) mass is 257 g/mol. The smallest absolute Gasteiger partial charge is 0.339 e. The van der Waals surface area contributed by atoms with E-state index >= 15 is 0 Å². The number of rotatable bonds is 5. The summed E-state index contributed by atoms with van der Waals surface area (Å²) in [6, 6.07) is 4.85. The molecular weight excluding hydrogens is 242 g/mol. The molecule has 94 valence electrons. The zero-order valence-electron chi connectivity index (χ0n) is 9.77. The number of carboxylic acids is 1. The maximum absolute atomic E-state index is 11.1. The van der Waals surface area contributed by atoms with E-state index in [2.05, 4.69) is 5.32 Å². The van der Waals surface area contributed by atoms with Gasteiger partial charge in [-0.2, -0.15) is 0 Å². The van der Waals surface area contributed by atoms with Crippen molar-refractivity contribution >= 4 is 23.3 Å². The molecule has 0 radical (unpaired) electrons. The van der Waals surface area contributed by atoms with Crippen molar-refractivity contribution in [2.24, 2.45) is 0 Å². The molecule has 17 heavy (non-hydrogen) atoms. The number of halogens is 1. The van der Waals surface area contributed by atoms with Crippen molar-refractivity contribution in [3.05, 3.63) is 28.8 Å². The van der Waals surface area contributed by atoms with Crippen LogP contribution in [0.5, 0.6) is 0 Å². The van der Waals surface area contributed by atoms with E-state index in [1.54, 1.807) is 19.1 Å². The third-order valence-electron chi connectivity index (χ3n) is 2.32. The highest BCUT2D eigenvalue weighted by molar-refractivity contribution is 6.34. The van der Waals surface area contributed by atoms with Gasteiger partial charge in [0.05, 0.1) is 16.8 Å². The molecule has 3 N–H and O–H groups in total. The number of hydrogen-bond acceptors (Lipinski definition) is 3. The van der Waals surface area contributed by atoms with Gasteiger partial charge >= 0.3 is 5.97 Å². The van der Waals surface area contributed by atoms with Crippen LogP contribution in [0.15, 0.2) is 18.2 Å². The molecule has 1 aromatic carbocycles. The predicted molar refractivity (Wildman–Crippen MR) is 67.8 cm³/mol. The zero-order chi connectivity index (χ0) is 13.0. The van der Waals surface area contributed by atoms with Gasteiger partial charge in [-0.15, -0.1) is 0 Å². The van der Waals surface area contributed by atoms with E-state index in [4.69, 9.17) is 16.7 Å². The van der Waals surface area contributed by atoms with Gasteiger partial charge in [0.2, 0.25) is 0 Å². The van der Waals surface area contributed by atoms with E-state index in [-0.39, 0.29) is 16.6 Å². The molecule has 0 aromatic heterocycles. The van der Waals surface area contributed by atoms with Gasteiger partial charge < -0.3 is 15.5 Å². The molecule has 0 saturated heterocycles. The number of benzene rings is 1. The fourth-order valence-electron chi connectivity index (χ4n) is 1.70. The minimum absolute atomic E-state index is 0.0356. The molecule has 1 aromatic rings. The summed E-state index contributed by atoms with van der Waals surface area (Å²) in [4.78, 5) is 11.1. The Balaban J connectivity index is 2.91. The Morgan fingerprint density at radius 2 is 2.12 bits per heavy atom. The first-order chi connectivity index (χ1) is 7.91. The normalized spacial score (nSPS) is 14.1. The van der Waals surface area contributed by atoms with Gasteiger partial charge in [0.1, 0.15) is 5.56 Å². The molecule has 2 atom stereocenters. The van der Waals surface area contributed by atoms with Crippen LogP contribution in [0.4, 0.5) is 5.69 Å². The lowest BCUT2D eigenvalue weighted by atomic mass is 10.1. The van der Waals surface area contributed by atoms with Crippen molar-refractivity contribution in [3.8, 4) is 0 Å². The van der Waals surface area contributed by atoms with Gasteiger partial charge in [0.15, 0.2) is 0 Å². The number of nitrogens with one attached hydrogen (secondary N) is 1. The number of anilines is 1. The summed E-state index contributed by atoms with van der Waals surface area (Å²) in [7, 11) is 0. The second-order valence-electron chi connectivity index (χ2n) is 4.10. The highest BCUT2D eigenvalue weighted by Crippen LogP contribution is 2.25. The molecule has 0 bridgehead atoms. The molecule has 5 heteroatoms. The van der Waals surface area contributed by atoms with Gasteiger partial charge in [-0.25, -0.2) is 4.79 Å². The molecule has 2 unspecified atom stereocenters. The Morgan fingerprint density at radius 3 is 2.65 bits per heavy atom. The molecule has 0 fully saturated rings. The first-order valence-corrected chi connectivity index (χ1v) is 5.76. The molecule has 4 nitrogen and oxygen atoms in total. The van der Waals surface area contributed by atoms with E-state index in [1.807, 2.05) is 6.92 Å². The Kier molecular flexibility index (Phi) is 4.78. The Morgan fingerprint density at radius 1 is 1.47 bits per heavy atom. The zero-order valence-corrected chi connectivity index (χ0v) is 10.5. The third-order valence-corrected chi connectivity index (χ3v) is 2.64. The Labute approximate surface area is 105 Å². The van der Waals surface area contributed by atoms with E-state index in [9.17, 15) is 9.90 Å². The minimum Gasteiger partial charge on any atom is -0.478 e. The molecule has 1 rings (SSSR count). The highest BCUT2D eigenvalue weighted by atomic mass is 35.5. The molecular formula is C12H16ClNO3. The summed E-state index contributed by atoms with van der Waals surface area (Å²) in [6.45, 7) is 3.56. The third kappa shape index (κ3) is 3.91. The van der Waals surface area contributed by atoms with E-state index in [0.717, 1.165) is 0 Å². The average molecular weight is 258 g/mol. The summed E-state index contributed by atoms with van der Waals surface area (Å²) in [5, 5.41) is 21.6.